The highest BCUT2D eigenvalue weighted by atomic mass is 16.5. The van der Waals surface area contributed by atoms with Gasteiger partial charge in [0.2, 0.25) is 0 Å². The van der Waals surface area contributed by atoms with Gasteiger partial charge in [-0.15, -0.1) is 0 Å². The second kappa shape index (κ2) is 4.99. The van der Waals surface area contributed by atoms with E-state index >= 15 is 0 Å². The first-order valence-electron chi connectivity index (χ1n) is 5.14. The minimum atomic E-state index is -0.646. The van der Waals surface area contributed by atoms with Crippen LogP contribution in [0.4, 0.5) is 0 Å². The minimum absolute atomic E-state index is 0.199. The Bertz CT molecular complexity index is 718. The van der Waals surface area contributed by atoms with Gasteiger partial charge in [0.25, 0.3) is 0 Å². The van der Waals surface area contributed by atoms with Gasteiger partial charge in [-0.25, -0.2) is 9.78 Å². The second-order valence-electron chi connectivity index (χ2n) is 3.43. The summed E-state index contributed by atoms with van der Waals surface area (Å²) in [5.74, 6) is 4.24. The first-order chi connectivity index (χ1) is 8.74. The van der Waals surface area contributed by atoms with E-state index in [-0.39, 0.29) is 5.69 Å². The van der Waals surface area contributed by atoms with Gasteiger partial charge in [-0.2, -0.15) is 5.26 Å². The lowest BCUT2D eigenvalue weighted by atomic mass is 10.1. The Kier molecular flexibility index (Phi) is 3.22. The van der Waals surface area contributed by atoms with E-state index < -0.39 is 5.97 Å². The van der Waals surface area contributed by atoms with Crippen LogP contribution in [-0.2, 0) is 9.53 Å². The third-order valence-electron chi connectivity index (χ3n) is 2.31. The zero-order chi connectivity index (χ0) is 13.0. The number of fused-ring (bicyclic) bond motifs is 1. The van der Waals surface area contributed by atoms with E-state index in [9.17, 15) is 4.79 Å². The molecule has 0 saturated carbocycles. The van der Waals surface area contributed by atoms with Crippen molar-refractivity contribution >= 4 is 16.9 Å². The van der Waals surface area contributed by atoms with Crippen molar-refractivity contribution in [3.8, 4) is 17.9 Å². The molecule has 0 aliphatic rings. The average molecular weight is 236 g/mol. The van der Waals surface area contributed by atoms with E-state index in [0.29, 0.717) is 5.56 Å². The number of para-hydroxylation sites is 1. The molecule has 0 spiro atoms. The molecule has 1 heterocycles. The average Bonchev–Trinajstić information content (AvgIpc) is 2.43. The third-order valence-corrected chi connectivity index (χ3v) is 2.31. The molecule has 2 aromatic rings. The summed E-state index contributed by atoms with van der Waals surface area (Å²) >= 11 is 0. The summed E-state index contributed by atoms with van der Waals surface area (Å²) in [6.07, 6.45) is 0. The molecular weight excluding hydrogens is 228 g/mol. The predicted molar refractivity (Wildman–Crippen MR) is 65.4 cm³/mol. The van der Waals surface area contributed by atoms with Crippen molar-refractivity contribution in [3.05, 3.63) is 41.6 Å². The molecule has 1 aromatic heterocycles. The van der Waals surface area contributed by atoms with Crippen molar-refractivity contribution in [2.75, 3.05) is 7.11 Å². The van der Waals surface area contributed by atoms with E-state index in [2.05, 4.69) is 21.6 Å². The molecule has 0 radical (unpaired) electrons. The van der Waals surface area contributed by atoms with Crippen LogP contribution in [0.25, 0.3) is 10.9 Å². The number of nitrogens with zero attached hydrogens (tertiary/aromatic N) is 2. The molecule has 0 fully saturated rings. The molecule has 0 aliphatic heterocycles. The van der Waals surface area contributed by atoms with Crippen molar-refractivity contribution in [3.63, 3.8) is 0 Å². The highest BCUT2D eigenvalue weighted by Crippen LogP contribution is 2.15. The number of aromatic nitrogens is 1. The molecule has 0 amide bonds. The number of esters is 1. The first-order valence-corrected chi connectivity index (χ1v) is 5.14. The van der Waals surface area contributed by atoms with Crippen LogP contribution in [0.1, 0.15) is 11.3 Å². The maximum Gasteiger partial charge on any atom is 0.384 e. The summed E-state index contributed by atoms with van der Waals surface area (Å²) < 4.78 is 4.42. The summed E-state index contributed by atoms with van der Waals surface area (Å²) in [6.45, 7) is 0. The molecule has 18 heavy (non-hydrogen) atoms. The fourth-order valence-electron chi connectivity index (χ4n) is 1.47. The fraction of sp³-hybridized carbons (Fsp3) is 0.0714. The van der Waals surface area contributed by atoms with Crippen molar-refractivity contribution in [2.24, 2.45) is 0 Å². The first kappa shape index (κ1) is 11.6. The van der Waals surface area contributed by atoms with E-state index in [0.717, 1.165) is 10.9 Å². The smallest absolute Gasteiger partial charge is 0.384 e. The Hall–Kier alpha value is -2.85. The van der Waals surface area contributed by atoms with Crippen molar-refractivity contribution in [2.45, 2.75) is 0 Å². The zero-order valence-corrected chi connectivity index (χ0v) is 9.60. The number of carbonyl (C=O) groups excluding carboxylic acids is 1. The summed E-state index contributed by atoms with van der Waals surface area (Å²) in [5, 5.41) is 9.87. The number of methoxy groups -OCH3 is 1. The lowest BCUT2D eigenvalue weighted by Gasteiger charge is -1.99. The fourth-order valence-corrected chi connectivity index (χ4v) is 1.47. The SMILES string of the molecule is COC(=O)C#Cc1cc2ccccc2nc1C#N. The minimum Gasteiger partial charge on any atom is -0.459 e. The van der Waals surface area contributed by atoms with Crippen LogP contribution < -0.4 is 0 Å². The highest BCUT2D eigenvalue weighted by Gasteiger charge is 2.04. The van der Waals surface area contributed by atoms with Crippen LogP contribution >= 0.6 is 0 Å². The van der Waals surface area contributed by atoms with Crippen molar-refractivity contribution < 1.29 is 9.53 Å². The van der Waals surface area contributed by atoms with Crippen molar-refractivity contribution in [1.29, 1.82) is 5.26 Å². The highest BCUT2D eigenvalue weighted by molar-refractivity contribution is 5.89. The van der Waals surface area contributed by atoms with E-state index in [4.69, 9.17) is 5.26 Å². The molecule has 4 nitrogen and oxygen atoms in total. The molecular formula is C14H8N2O2. The van der Waals surface area contributed by atoms with Gasteiger partial charge in [-0.1, -0.05) is 24.1 Å². The van der Waals surface area contributed by atoms with E-state index in [1.807, 2.05) is 30.3 Å². The normalized spacial score (nSPS) is 9.11. The maximum absolute atomic E-state index is 10.9. The Balaban J connectivity index is 2.58. The molecule has 4 heteroatoms. The van der Waals surface area contributed by atoms with Gasteiger partial charge < -0.3 is 4.74 Å². The number of rotatable bonds is 0. The lowest BCUT2D eigenvalue weighted by molar-refractivity contribution is -0.133. The number of benzene rings is 1. The summed E-state index contributed by atoms with van der Waals surface area (Å²) in [6, 6.07) is 11.1. The Morgan fingerprint density at radius 3 is 2.89 bits per heavy atom. The monoisotopic (exact) mass is 236 g/mol. The Labute approximate surface area is 104 Å². The number of hydrogen-bond acceptors (Lipinski definition) is 4. The molecule has 1 aromatic carbocycles. The van der Waals surface area contributed by atoms with Crippen LogP contribution in [0.2, 0.25) is 0 Å². The quantitative estimate of drug-likeness (QED) is 0.515. The standard InChI is InChI=1S/C14H8N2O2/c1-18-14(17)7-6-11-8-10-4-2-3-5-12(10)16-13(11)9-15/h2-5,8H,1H3. The Morgan fingerprint density at radius 2 is 2.17 bits per heavy atom. The number of hydrogen-bond donors (Lipinski definition) is 0. The van der Waals surface area contributed by atoms with Crippen LogP contribution in [0, 0.1) is 23.2 Å². The predicted octanol–water partition coefficient (Wildman–Crippen LogP) is 1.63. The molecule has 0 unspecified atom stereocenters. The van der Waals surface area contributed by atoms with E-state index in [1.54, 1.807) is 6.07 Å². The summed E-state index contributed by atoms with van der Waals surface area (Å²) in [5.41, 5.74) is 1.34. The van der Waals surface area contributed by atoms with Crippen LogP contribution in [0.15, 0.2) is 30.3 Å². The van der Waals surface area contributed by atoms with Gasteiger partial charge in [-0.3, -0.25) is 0 Å². The summed E-state index contributed by atoms with van der Waals surface area (Å²) in [4.78, 5) is 15.1. The van der Waals surface area contributed by atoms with E-state index in [1.165, 1.54) is 7.11 Å². The molecule has 0 saturated heterocycles. The third kappa shape index (κ3) is 2.28. The zero-order valence-electron chi connectivity index (χ0n) is 9.60. The summed E-state index contributed by atoms with van der Waals surface area (Å²) in [7, 11) is 1.25. The topological polar surface area (TPSA) is 63.0 Å². The van der Waals surface area contributed by atoms with Crippen LogP contribution in [-0.4, -0.2) is 18.1 Å². The second-order valence-corrected chi connectivity index (χ2v) is 3.43. The molecule has 0 N–H and O–H groups in total. The maximum atomic E-state index is 10.9. The number of nitriles is 1. The molecule has 86 valence electrons. The van der Waals surface area contributed by atoms with Gasteiger partial charge in [0, 0.05) is 11.3 Å². The lowest BCUT2D eigenvalue weighted by Crippen LogP contribution is -1.96. The van der Waals surface area contributed by atoms with Gasteiger partial charge >= 0.3 is 5.97 Å². The van der Waals surface area contributed by atoms with Gasteiger partial charge in [-0.05, 0) is 12.1 Å². The van der Waals surface area contributed by atoms with Gasteiger partial charge in [0.05, 0.1) is 18.2 Å². The number of carbonyl (C=O) groups is 1. The molecule has 0 aliphatic carbocycles. The largest absolute Gasteiger partial charge is 0.459 e. The number of ether oxygens (including phenoxy) is 1. The Morgan fingerprint density at radius 1 is 1.39 bits per heavy atom. The van der Waals surface area contributed by atoms with Gasteiger partial charge in [0.15, 0.2) is 5.69 Å². The van der Waals surface area contributed by atoms with Crippen LogP contribution in [0.3, 0.4) is 0 Å². The number of pyridine rings is 1. The van der Waals surface area contributed by atoms with Crippen LogP contribution in [0.5, 0.6) is 0 Å². The molecule has 0 atom stereocenters. The molecule has 0 bridgehead atoms. The van der Waals surface area contributed by atoms with Gasteiger partial charge in [0.1, 0.15) is 6.07 Å². The van der Waals surface area contributed by atoms with Crippen molar-refractivity contribution in [1.82, 2.24) is 4.98 Å². The molecule has 2 rings (SSSR count).